The van der Waals surface area contributed by atoms with Crippen LogP contribution in [-0.4, -0.2) is 43.2 Å². The summed E-state index contributed by atoms with van der Waals surface area (Å²) in [4.78, 5) is 3.28. The molecule has 0 amide bonds. The monoisotopic (exact) mass is 378 g/mol. The number of anilines is 1. The Hall–Kier alpha value is -1.41. The van der Waals surface area contributed by atoms with Crippen LogP contribution in [-0.2, 0) is 22.9 Å². The van der Waals surface area contributed by atoms with Crippen LogP contribution in [0, 0.1) is 0 Å². The van der Waals surface area contributed by atoms with Crippen LogP contribution in [0.25, 0.3) is 0 Å². The van der Waals surface area contributed by atoms with Gasteiger partial charge in [0.15, 0.2) is 0 Å². The molecule has 2 aliphatic rings. The molecule has 0 fully saturated rings. The molecule has 1 aromatic carbocycles. The Morgan fingerprint density at radius 3 is 2.46 bits per heavy atom. The molecule has 0 atom stereocenters. The lowest BCUT2D eigenvalue weighted by molar-refractivity contribution is 0.352. The molecule has 1 N–H and O–H groups in total. The minimum Gasteiger partial charge on any atom is -0.306 e. The first-order valence-electron chi connectivity index (χ1n) is 7.66. The van der Waals surface area contributed by atoms with E-state index in [1.54, 1.807) is 6.08 Å². The summed E-state index contributed by atoms with van der Waals surface area (Å²) >= 11 is 10.1. The largest absolute Gasteiger partial charge is 0.306 e. The highest BCUT2D eigenvalue weighted by molar-refractivity contribution is 7.97. The number of sulfonamides is 1. The maximum Gasteiger partial charge on any atom is 0.261 e. The lowest BCUT2D eigenvalue weighted by Crippen LogP contribution is -2.20. The number of rotatable bonds is 3. The van der Waals surface area contributed by atoms with E-state index in [4.69, 9.17) is 24.4 Å². The van der Waals surface area contributed by atoms with E-state index < -0.39 is 10.0 Å². The molecule has 0 aromatic heterocycles. The van der Waals surface area contributed by atoms with Gasteiger partial charge in [0.1, 0.15) is 0 Å². The molecule has 1 heterocycles. The van der Waals surface area contributed by atoms with Gasteiger partial charge in [-0.15, -0.1) is 0 Å². The quantitative estimate of drug-likeness (QED) is 0.820. The van der Waals surface area contributed by atoms with Crippen LogP contribution >= 0.6 is 24.4 Å². The van der Waals surface area contributed by atoms with Crippen LogP contribution in [0.3, 0.4) is 0 Å². The van der Waals surface area contributed by atoms with Crippen molar-refractivity contribution in [2.24, 2.45) is 0 Å². The number of fused-ring (bicyclic) bond motifs is 1. The Bertz CT molecular complexity index is 870. The van der Waals surface area contributed by atoms with E-state index in [-0.39, 0.29) is 4.91 Å². The molecule has 1 aliphatic heterocycles. The summed E-state index contributed by atoms with van der Waals surface area (Å²) in [5.74, 6) is 0. The molecule has 1 aliphatic carbocycles. The Morgan fingerprint density at radius 1 is 1.04 bits per heavy atom. The van der Waals surface area contributed by atoms with Gasteiger partial charge in [0.2, 0.25) is 0 Å². The molecular weight excluding hydrogens is 360 g/mol. The zero-order chi connectivity index (χ0) is 17.3. The minimum atomic E-state index is -3.67. The molecule has 24 heavy (non-hydrogen) atoms. The van der Waals surface area contributed by atoms with Crippen molar-refractivity contribution in [3.05, 3.63) is 52.5 Å². The van der Waals surface area contributed by atoms with E-state index in [2.05, 4.69) is 16.7 Å². The Balaban J connectivity index is 1.84. The molecule has 1 aromatic rings. The van der Waals surface area contributed by atoms with Crippen molar-refractivity contribution < 1.29 is 8.42 Å². The summed E-state index contributed by atoms with van der Waals surface area (Å²) in [6.07, 6.45) is 6.37. The van der Waals surface area contributed by atoms with Crippen LogP contribution in [0.5, 0.6) is 0 Å². The fourth-order valence-electron chi connectivity index (χ4n) is 2.77. The normalized spacial score (nSPS) is 18.8. The summed E-state index contributed by atoms with van der Waals surface area (Å²) in [6, 6.07) is 5.76. The van der Waals surface area contributed by atoms with Crippen molar-refractivity contribution in [3.8, 4) is 0 Å². The highest BCUT2D eigenvalue weighted by Crippen LogP contribution is 2.23. The predicted octanol–water partition coefficient (Wildman–Crippen LogP) is 2.65. The van der Waals surface area contributed by atoms with E-state index in [1.807, 2.05) is 18.2 Å². The zero-order valence-corrected chi connectivity index (χ0v) is 15.7. The molecule has 0 saturated carbocycles. The summed E-state index contributed by atoms with van der Waals surface area (Å²) in [5.41, 5.74) is 3.06. The molecule has 0 spiro atoms. The number of thiocarbonyl (C=S) groups is 2. The van der Waals surface area contributed by atoms with Crippen molar-refractivity contribution in [1.82, 2.24) is 4.90 Å². The second-order valence-electron chi connectivity index (χ2n) is 6.00. The SMILES string of the molecule is CN1CCc2ccc(NS(=O)(=O)C3=CC(=S)C(=S)C=C3)cc2CC1. The van der Waals surface area contributed by atoms with E-state index in [9.17, 15) is 8.42 Å². The van der Waals surface area contributed by atoms with E-state index in [1.165, 1.54) is 23.3 Å². The van der Waals surface area contributed by atoms with Gasteiger partial charge in [0.25, 0.3) is 10.0 Å². The maximum absolute atomic E-state index is 12.6. The van der Waals surface area contributed by atoms with Crippen LogP contribution in [0.1, 0.15) is 11.1 Å². The molecule has 126 valence electrons. The van der Waals surface area contributed by atoms with Crippen LogP contribution in [0.4, 0.5) is 5.69 Å². The minimum absolute atomic E-state index is 0.135. The van der Waals surface area contributed by atoms with Crippen LogP contribution in [0.15, 0.2) is 41.3 Å². The number of nitrogens with one attached hydrogen (secondary N) is 1. The molecule has 4 nitrogen and oxygen atoms in total. The van der Waals surface area contributed by atoms with Gasteiger partial charge >= 0.3 is 0 Å². The van der Waals surface area contributed by atoms with Gasteiger partial charge < -0.3 is 4.90 Å². The van der Waals surface area contributed by atoms with Gasteiger partial charge in [0, 0.05) is 18.8 Å². The van der Waals surface area contributed by atoms with Gasteiger partial charge in [-0.25, -0.2) is 8.42 Å². The predicted molar refractivity (Wildman–Crippen MR) is 106 cm³/mol. The Morgan fingerprint density at radius 2 is 1.75 bits per heavy atom. The third kappa shape index (κ3) is 3.80. The molecule has 3 rings (SSSR count). The topological polar surface area (TPSA) is 49.4 Å². The molecule has 0 unspecified atom stereocenters. The summed E-state index contributed by atoms with van der Waals surface area (Å²) in [7, 11) is -1.57. The second-order valence-corrected chi connectivity index (χ2v) is 8.56. The first-order valence-corrected chi connectivity index (χ1v) is 9.96. The highest BCUT2D eigenvalue weighted by atomic mass is 32.2. The molecular formula is C17H18N2O2S3. The number of allylic oxidation sites excluding steroid dienone is 3. The molecule has 0 radical (unpaired) electrons. The van der Waals surface area contributed by atoms with Crippen molar-refractivity contribution in [3.63, 3.8) is 0 Å². The second kappa shape index (κ2) is 6.84. The van der Waals surface area contributed by atoms with Crippen LogP contribution in [0.2, 0.25) is 0 Å². The van der Waals surface area contributed by atoms with Gasteiger partial charge in [-0.1, -0.05) is 30.5 Å². The summed E-state index contributed by atoms with van der Waals surface area (Å²) in [5, 5.41) is 0. The number of benzene rings is 1. The summed E-state index contributed by atoms with van der Waals surface area (Å²) in [6.45, 7) is 2.00. The average Bonchev–Trinajstić information content (AvgIpc) is 2.71. The van der Waals surface area contributed by atoms with E-state index >= 15 is 0 Å². The number of likely N-dealkylation sites (N-methyl/N-ethyl adjacent to an activating group) is 1. The lowest BCUT2D eigenvalue weighted by Gasteiger charge is -2.13. The third-order valence-electron chi connectivity index (χ3n) is 4.21. The first-order chi connectivity index (χ1) is 11.3. The van der Waals surface area contributed by atoms with E-state index in [0.29, 0.717) is 15.4 Å². The van der Waals surface area contributed by atoms with Gasteiger partial charge in [-0.2, -0.15) is 0 Å². The Kier molecular flexibility index (Phi) is 4.96. The van der Waals surface area contributed by atoms with Gasteiger partial charge in [0.05, 0.1) is 14.6 Å². The van der Waals surface area contributed by atoms with Crippen molar-refractivity contribution in [2.45, 2.75) is 12.8 Å². The Labute approximate surface area is 153 Å². The van der Waals surface area contributed by atoms with E-state index in [0.717, 1.165) is 25.9 Å². The molecule has 7 heteroatoms. The number of hydrogen-bond acceptors (Lipinski definition) is 5. The average molecular weight is 379 g/mol. The fraction of sp³-hybridized carbons (Fsp3) is 0.294. The molecule has 0 bridgehead atoms. The lowest BCUT2D eigenvalue weighted by atomic mass is 10.0. The van der Waals surface area contributed by atoms with Crippen molar-refractivity contribution in [1.29, 1.82) is 0 Å². The molecule has 0 saturated heterocycles. The highest BCUT2D eigenvalue weighted by Gasteiger charge is 2.20. The zero-order valence-electron chi connectivity index (χ0n) is 13.3. The number of nitrogens with zero attached hydrogens (tertiary/aromatic N) is 1. The standard InChI is InChI=1S/C17H18N2O2S3/c1-19-8-6-12-2-3-14(10-13(12)7-9-19)18-24(20,21)15-4-5-16(22)17(23)11-15/h2-5,10-11,18H,6-9H2,1H3. The van der Waals surface area contributed by atoms with Gasteiger partial charge in [-0.05, 0) is 61.4 Å². The van der Waals surface area contributed by atoms with Crippen molar-refractivity contribution in [2.75, 3.05) is 24.9 Å². The third-order valence-corrected chi connectivity index (χ3v) is 6.41. The number of hydrogen-bond donors (Lipinski definition) is 1. The summed E-state index contributed by atoms with van der Waals surface area (Å²) < 4.78 is 27.7. The van der Waals surface area contributed by atoms with Crippen LogP contribution < -0.4 is 4.72 Å². The fourth-order valence-corrected chi connectivity index (χ4v) is 4.24. The van der Waals surface area contributed by atoms with Crippen molar-refractivity contribution >= 4 is 49.9 Å². The first kappa shape index (κ1) is 17.4. The maximum atomic E-state index is 12.6. The van der Waals surface area contributed by atoms with Gasteiger partial charge in [-0.3, -0.25) is 4.72 Å². The smallest absolute Gasteiger partial charge is 0.261 e.